The van der Waals surface area contributed by atoms with Crippen molar-refractivity contribution in [2.45, 2.75) is 25.8 Å². The van der Waals surface area contributed by atoms with Crippen LogP contribution in [0.1, 0.15) is 28.9 Å². The fourth-order valence-corrected chi connectivity index (χ4v) is 5.75. The van der Waals surface area contributed by atoms with Gasteiger partial charge in [0.25, 0.3) is 5.91 Å². The molecule has 5 aromatic rings. The van der Waals surface area contributed by atoms with Crippen molar-refractivity contribution >= 4 is 40.4 Å². The topological polar surface area (TPSA) is 56.9 Å². The number of methoxy groups -OCH3 is 2. The van der Waals surface area contributed by atoms with Crippen molar-refractivity contribution in [1.82, 2.24) is 8.97 Å². The van der Waals surface area contributed by atoms with Crippen LogP contribution in [0.3, 0.4) is 0 Å². The van der Waals surface area contributed by atoms with E-state index in [-0.39, 0.29) is 5.91 Å². The van der Waals surface area contributed by atoms with Crippen LogP contribution in [-0.2, 0) is 13.0 Å². The number of ether oxygens (including phenoxy) is 2. The molecule has 0 spiro atoms. The van der Waals surface area contributed by atoms with Gasteiger partial charge in [-0.05, 0) is 78.9 Å². The van der Waals surface area contributed by atoms with Crippen LogP contribution >= 0.6 is 23.2 Å². The van der Waals surface area contributed by atoms with E-state index < -0.39 is 0 Å². The molecule has 6 rings (SSSR count). The molecule has 1 aliphatic heterocycles. The number of anilines is 1. The van der Waals surface area contributed by atoms with Gasteiger partial charge in [0.1, 0.15) is 22.8 Å². The minimum absolute atomic E-state index is 0.218. The Kier molecular flexibility index (Phi) is 6.75. The van der Waals surface area contributed by atoms with Crippen molar-refractivity contribution in [3.63, 3.8) is 0 Å². The largest absolute Gasteiger partial charge is 0.497 e. The van der Waals surface area contributed by atoms with E-state index >= 15 is 0 Å². The molecule has 0 saturated heterocycles. The molecule has 0 fully saturated rings. The van der Waals surface area contributed by atoms with E-state index in [1.165, 1.54) is 0 Å². The lowest BCUT2D eigenvalue weighted by atomic mass is 9.97. The standard InChI is InChI=1S/C31H27Cl2N3O3/c1-38-22-12-9-19(10-13-22)27-18-36-29(30(37)34-21-6-5-7-23(17-21)39-2)28(20-11-14-25(32)26(33)16-20)24-8-3-4-15-35(27)31(24)36/h5-7,9-14,16-18H,3-4,8,15H2,1-2H3,(H,34,37). The van der Waals surface area contributed by atoms with E-state index in [0.717, 1.165) is 65.2 Å². The summed E-state index contributed by atoms with van der Waals surface area (Å²) in [4.78, 5) is 14.1. The molecule has 0 aliphatic carbocycles. The lowest BCUT2D eigenvalue weighted by molar-refractivity contribution is 0.102. The van der Waals surface area contributed by atoms with Crippen LogP contribution in [0.5, 0.6) is 11.5 Å². The van der Waals surface area contributed by atoms with Crippen LogP contribution in [0, 0.1) is 0 Å². The van der Waals surface area contributed by atoms with Crippen molar-refractivity contribution < 1.29 is 14.3 Å². The summed E-state index contributed by atoms with van der Waals surface area (Å²) in [5, 5.41) is 4.02. The minimum atomic E-state index is -0.218. The predicted octanol–water partition coefficient (Wildman–Crippen LogP) is 7.99. The predicted molar refractivity (Wildman–Crippen MR) is 157 cm³/mol. The lowest BCUT2D eigenvalue weighted by Gasteiger charge is -2.11. The highest BCUT2D eigenvalue weighted by molar-refractivity contribution is 6.42. The highest BCUT2D eigenvalue weighted by Crippen LogP contribution is 2.41. The first-order valence-corrected chi connectivity index (χ1v) is 13.6. The summed E-state index contributed by atoms with van der Waals surface area (Å²) < 4.78 is 15.1. The fourth-order valence-electron chi connectivity index (χ4n) is 5.45. The molecule has 2 aromatic heterocycles. The number of rotatable bonds is 6. The summed E-state index contributed by atoms with van der Waals surface area (Å²) >= 11 is 12.7. The van der Waals surface area contributed by atoms with Gasteiger partial charge >= 0.3 is 0 Å². The van der Waals surface area contributed by atoms with E-state index in [9.17, 15) is 4.79 Å². The highest BCUT2D eigenvalue weighted by atomic mass is 35.5. The summed E-state index contributed by atoms with van der Waals surface area (Å²) in [5.74, 6) is 1.25. The smallest absolute Gasteiger partial charge is 0.273 e. The zero-order valence-corrected chi connectivity index (χ0v) is 23.1. The first-order valence-electron chi connectivity index (χ1n) is 12.8. The highest BCUT2D eigenvalue weighted by Gasteiger charge is 2.30. The maximum Gasteiger partial charge on any atom is 0.273 e. The molecule has 0 unspecified atom stereocenters. The Labute approximate surface area is 236 Å². The molecule has 0 radical (unpaired) electrons. The Balaban J connectivity index is 1.59. The molecule has 0 bridgehead atoms. The van der Waals surface area contributed by atoms with Crippen LogP contribution in [0.25, 0.3) is 28.0 Å². The second-order valence-electron chi connectivity index (χ2n) is 9.56. The van der Waals surface area contributed by atoms with E-state index in [1.54, 1.807) is 26.4 Å². The van der Waals surface area contributed by atoms with Crippen molar-refractivity contribution in [2.24, 2.45) is 0 Å². The van der Waals surface area contributed by atoms with Crippen molar-refractivity contribution in [3.05, 3.63) is 94.2 Å². The van der Waals surface area contributed by atoms with E-state index in [1.807, 2.05) is 46.9 Å². The summed E-state index contributed by atoms with van der Waals surface area (Å²) in [6.45, 7) is 0.854. The van der Waals surface area contributed by atoms with Crippen molar-refractivity contribution in [3.8, 4) is 33.9 Å². The molecule has 6 nitrogen and oxygen atoms in total. The van der Waals surface area contributed by atoms with Gasteiger partial charge in [-0.2, -0.15) is 0 Å². The summed E-state index contributed by atoms with van der Waals surface area (Å²) in [7, 11) is 3.27. The van der Waals surface area contributed by atoms with Crippen molar-refractivity contribution in [1.29, 1.82) is 0 Å². The fraction of sp³-hybridized carbons (Fsp3) is 0.194. The molecule has 3 heterocycles. The molecular weight excluding hydrogens is 533 g/mol. The maximum atomic E-state index is 14.1. The number of carbonyl (C=O) groups excluding carboxylic acids is 1. The molecule has 198 valence electrons. The molecule has 1 N–H and O–H groups in total. The minimum Gasteiger partial charge on any atom is -0.497 e. The van der Waals surface area contributed by atoms with Crippen LogP contribution in [0.15, 0.2) is 72.9 Å². The first kappa shape index (κ1) is 25.4. The zero-order valence-electron chi connectivity index (χ0n) is 21.6. The average molecular weight is 560 g/mol. The summed E-state index contributed by atoms with van der Waals surface area (Å²) in [5.41, 5.74) is 7.19. The van der Waals surface area contributed by atoms with Crippen molar-refractivity contribution in [2.75, 3.05) is 19.5 Å². The van der Waals surface area contributed by atoms with Crippen LogP contribution in [0.2, 0.25) is 10.0 Å². The number of aromatic nitrogens is 2. The van der Waals surface area contributed by atoms with E-state index in [0.29, 0.717) is 27.2 Å². The van der Waals surface area contributed by atoms with Gasteiger partial charge in [0.15, 0.2) is 0 Å². The Morgan fingerprint density at radius 1 is 0.872 bits per heavy atom. The van der Waals surface area contributed by atoms with Gasteiger partial charge in [-0.15, -0.1) is 0 Å². The van der Waals surface area contributed by atoms with Gasteiger partial charge in [0.05, 0.1) is 30.0 Å². The third-order valence-corrected chi connectivity index (χ3v) is 8.01. The third kappa shape index (κ3) is 4.54. The molecular formula is C31H27Cl2N3O3. The number of amides is 1. The number of hydrogen-bond acceptors (Lipinski definition) is 3. The summed E-state index contributed by atoms with van der Waals surface area (Å²) in [6, 6.07) is 20.9. The molecule has 39 heavy (non-hydrogen) atoms. The van der Waals surface area contributed by atoms with Gasteiger partial charge < -0.3 is 19.4 Å². The maximum absolute atomic E-state index is 14.1. The van der Waals surface area contributed by atoms with Gasteiger partial charge in [0.2, 0.25) is 0 Å². The molecule has 8 heteroatoms. The number of aryl methyl sites for hydroxylation is 2. The first-order chi connectivity index (χ1) is 19.0. The van der Waals surface area contributed by atoms with E-state index in [4.69, 9.17) is 32.7 Å². The number of benzene rings is 3. The monoisotopic (exact) mass is 559 g/mol. The second kappa shape index (κ2) is 10.4. The third-order valence-electron chi connectivity index (χ3n) is 7.27. The normalized spacial score (nSPS) is 12.8. The van der Waals surface area contributed by atoms with Gasteiger partial charge in [0, 0.05) is 35.6 Å². The SMILES string of the molecule is COc1ccc(-c2cn3c(C(=O)Nc4cccc(OC)c4)c(-c4ccc(Cl)c(Cl)c4)c4c3n2CCCC4)cc1. The molecule has 0 saturated carbocycles. The molecule has 1 aliphatic rings. The number of carbonyl (C=O) groups is 1. The van der Waals surface area contributed by atoms with Crippen LogP contribution in [-0.4, -0.2) is 29.1 Å². The van der Waals surface area contributed by atoms with Gasteiger partial charge in [-0.3, -0.25) is 9.20 Å². The zero-order chi connectivity index (χ0) is 27.1. The number of hydrogen-bond donors (Lipinski definition) is 1. The number of halogens is 2. The average Bonchev–Trinajstić information content (AvgIpc) is 3.37. The Bertz CT molecular complexity index is 1700. The number of nitrogens with one attached hydrogen (secondary N) is 1. The summed E-state index contributed by atoms with van der Waals surface area (Å²) in [6.07, 6.45) is 4.95. The molecule has 3 aromatic carbocycles. The Morgan fingerprint density at radius 2 is 1.64 bits per heavy atom. The van der Waals surface area contributed by atoms with Crippen LogP contribution in [0.4, 0.5) is 5.69 Å². The quantitative estimate of drug-likeness (QED) is 0.229. The number of imidazole rings is 1. The molecule has 1 amide bonds. The molecule has 0 atom stereocenters. The second-order valence-corrected chi connectivity index (χ2v) is 10.4. The number of nitrogens with zero attached hydrogens (tertiary/aromatic N) is 2. The Morgan fingerprint density at radius 3 is 2.38 bits per heavy atom. The van der Waals surface area contributed by atoms with E-state index in [2.05, 4.69) is 28.2 Å². The van der Waals surface area contributed by atoms with Crippen LogP contribution < -0.4 is 14.8 Å². The van der Waals surface area contributed by atoms with Gasteiger partial charge in [-0.1, -0.05) is 35.3 Å². The van der Waals surface area contributed by atoms with Gasteiger partial charge in [-0.25, -0.2) is 0 Å². The lowest BCUT2D eigenvalue weighted by Crippen LogP contribution is -2.15. The Hall–Kier alpha value is -3.87.